The molecule has 4 bridgehead atoms. The van der Waals surface area contributed by atoms with Crippen LogP contribution in [0.4, 0.5) is 0 Å². The SMILES string of the molecule is C=C[C@H]1CN2CC[C@H]1C[C@H]2[C@H](O)c1ccnc2ccc(OC)cc12.C=C[C@H]1CN2CC[C@H]1C[C@H]2[C@H](O)c1ccnc2ccc(OC)cc12.O=S(=O)(O)O.[H-].[K+]. The van der Waals surface area contributed by atoms with Gasteiger partial charge in [0.25, 0.3) is 0 Å². The van der Waals surface area contributed by atoms with Crippen molar-refractivity contribution in [1.29, 1.82) is 0 Å². The molecule has 2 unspecified atom stereocenters. The van der Waals surface area contributed by atoms with E-state index in [1.807, 2.05) is 48.5 Å². The Bertz CT molecular complexity index is 1910. The standard InChI is InChI=1S/2C20H24N2O2.K.H2O4S.H/c2*1-3-13-12-22-9-7-14(13)10-19(22)20(23)16-6-8-21-18-5-4-15(24-2)11-17(16)18;;1-5(2,3)4;/h2*3-6,8,11,13-14,19-20,23H,1,7,9-10,12H2,2H3;;(H2,1,2,3,4);/q;;+1;;-1/t2*13-,14-,19-,20+;;;/m00.../s1. The monoisotopic (exact) mass is 786 g/mol. The summed E-state index contributed by atoms with van der Waals surface area (Å²) in [6, 6.07) is 15.9. The Morgan fingerprint density at radius 3 is 1.46 bits per heavy atom. The summed E-state index contributed by atoms with van der Waals surface area (Å²) in [6.45, 7) is 12.1. The van der Waals surface area contributed by atoms with Gasteiger partial charge in [0.15, 0.2) is 0 Å². The Morgan fingerprint density at radius 2 is 1.15 bits per heavy atom. The zero-order valence-electron chi connectivity index (χ0n) is 32.2. The predicted octanol–water partition coefficient (Wildman–Crippen LogP) is 2.81. The zero-order valence-corrected chi connectivity index (χ0v) is 35.2. The summed E-state index contributed by atoms with van der Waals surface area (Å²) < 4.78 is 42.3. The topological polar surface area (TPSA) is 166 Å². The minimum absolute atomic E-state index is 0. The minimum Gasteiger partial charge on any atom is -1.00 e. The van der Waals surface area contributed by atoms with Crippen molar-refractivity contribution in [2.24, 2.45) is 23.7 Å². The summed E-state index contributed by atoms with van der Waals surface area (Å²) in [5, 5.41) is 24.3. The fourth-order valence-electron chi connectivity index (χ4n) is 8.89. The number of nitrogens with zero attached hydrogens (tertiary/aromatic N) is 4. The van der Waals surface area contributed by atoms with Crippen LogP contribution in [0.25, 0.3) is 21.8 Å². The van der Waals surface area contributed by atoms with Crippen LogP contribution in [0, 0.1) is 23.7 Å². The molecule has 0 amide bonds. The zero-order chi connectivity index (χ0) is 37.9. The van der Waals surface area contributed by atoms with Crippen molar-refractivity contribution < 1.29 is 90.0 Å². The third-order valence-corrected chi connectivity index (χ3v) is 11.6. The Morgan fingerprint density at radius 1 is 0.759 bits per heavy atom. The van der Waals surface area contributed by atoms with Crippen LogP contribution in [-0.4, -0.2) is 100.0 Å². The second-order valence-electron chi connectivity index (χ2n) is 14.4. The van der Waals surface area contributed by atoms with Crippen LogP contribution in [0.15, 0.2) is 86.2 Å². The van der Waals surface area contributed by atoms with E-state index in [1.165, 1.54) is 12.8 Å². The maximum Gasteiger partial charge on any atom is 1.00 e. The average molecular weight is 787 g/mol. The van der Waals surface area contributed by atoms with Crippen molar-refractivity contribution in [3.05, 3.63) is 97.4 Å². The fraction of sp³-hybridized carbons (Fsp3) is 0.450. The largest absolute Gasteiger partial charge is 1.00 e. The van der Waals surface area contributed by atoms with Crippen LogP contribution in [0.1, 0.15) is 50.4 Å². The first kappa shape index (κ1) is 42.8. The van der Waals surface area contributed by atoms with Gasteiger partial charge in [0.2, 0.25) is 0 Å². The molecule has 0 radical (unpaired) electrons. The molecule has 4 N–H and O–H groups in total. The van der Waals surface area contributed by atoms with E-state index in [2.05, 4.69) is 45.1 Å². The predicted molar refractivity (Wildman–Crippen MR) is 205 cm³/mol. The quantitative estimate of drug-likeness (QED) is 0.118. The molecule has 0 saturated carbocycles. The van der Waals surface area contributed by atoms with E-state index in [1.54, 1.807) is 26.6 Å². The van der Waals surface area contributed by atoms with Gasteiger partial charge < -0.3 is 21.1 Å². The molecule has 8 heterocycles. The van der Waals surface area contributed by atoms with Gasteiger partial charge in [0, 0.05) is 48.3 Å². The van der Waals surface area contributed by atoms with E-state index in [-0.39, 0.29) is 64.9 Å². The Balaban J connectivity index is 0.000000211. The number of ether oxygens (including phenoxy) is 2. The summed E-state index contributed by atoms with van der Waals surface area (Å²) in [5.41, 5.74) is 3.69. The van der Waals surface area contributed by atoms with Crippen molar-refractivity contribution in [3.8, 4) is 11.5 Å². The molecule has 0 spiro atoms. The van der Waals surface area contributed by atoms with E-state index < -0.39 is 22.6 Å². The second kappa shape index (κ2) is 18.8. The molecule has 2 aromatic heterocycles. The number of benzene rings is 2. The van der Waals surface area contributed by atoms with E-state index in [9.17, 15) is 10.2 Å². The van der Waals surface area contributed by atoms with E-state index in [4.69, 9.17) is 27.0 Å². The first-order valence-electron chi connectivity index (χ1n) is 18.1. The molecular formula is C40H51KN4O8S. The Labute approximate surface area is 361 Å². The van der Waals surface area contributed by atoms with E-state index >= 15 is 0 Å². The molecular weight excluding hydrogens is 736 g/mol. The summed E-state index contributed by atoms with van der Waals surface area (Å²) in [6.07, 6.45) is 11.2. The Kier molecular flexibility index (Phi) is 14.9. The third kappa shape index (κ3) is 9.79. The molecule has 10 rings (SSSR count). The van der Waals surface area contributed by atoms with Crippen LogP contribution < -0.4 is 60.9 Å². The molecule has 54 heavy (non-hydrogen) atoms. The number of fused-ring (bicyclic) bond motifs is 8. The molecule has 6 saturated heterocycles. The summed E-state index contributed by atoms with van der Waals surface area (Å²) >= 11 is 0. The summed E-state index contributed by atoms with van der Waals surface area (Å²) in [4.78, 5) is 13.7. The van der Waals surface area contributed by atoms with Crippen LogP contribution >= 0.6 is 0 Å². The molecule has 12 nitrogen and oxygen atoms in total. The molecule has 10 atom stereocenters. The van der Waals surface area contributed by atoms with Crippen LogP contribution in [0.5, 0.6) is 11.5 Å². The smallest absolute Gasteiger partial charge is 1.00 e. The van der Waals surface area contributed by atoms with Crippen molar-refractivity contribution in [1.82, 2.24) is 19.8 Å². The van der Waals surface area contributed by atoms with Gasteiger partial charge in [-0.3, -0.25) is 28.9 Å². The minimum atomic E-state index is -4.67. The van der Waals surface area contributed by atoms with Gasteiger partial charge in [-0.05, 0) is 122 Å². The number of rotatable bonds is 8. The maximum absolute atomic E-state index is 11.2. The number of aliphatic hydroxyl groups is 2. The molecule has 6 fully saturated rings. The van der Waals surface area contributed by atoms with Crippen LogP contribution in [-0.2, 0) is 10.4 Å². The molecule has 4 aromatic rings. The Hall–Kier alpha value is -2.31. The fourth-order valence-corrected chi connectivity index (χ4v) is 8.89. The molecule has 6 aliphatic heterocycles. The molecule has 0 aliphatic carbocycles. The second-order valence-corrected chi connectivity index (χ2v) is 15.3. The van der Waals surface area contributed by atoms with Crippen molar-refractivity contribution in [2.45, 2.75) is 50.0 Å². The van der Waals surface area contributed by atoms with Gasteiger partial charge in [-0.1, -0.05) is 12.2 Å². The van der Waals surface area contributed by atoms with Crippen LogP contribution in [0.3, 0.4) is 0 Å². The van der Waals surface area contributed by atoms with Gasteiger partial charge >= 0.3 is 61.8 Å². The number of hydrogen-bond acceptors (Lipinski definition) is 10. The van der Waals surface area contributed by atoms with Crippen molar-refractivity contribution >= 4 is 32.2 Å². The van der Waals surface area contributed by atoms with Gasteiger partial charge in [0.05, 0.1) is 37.5 Å². The number of hydrogen-bond donors (Lipinski definition) is 4. The first-order chi connectivity index (χ1) is 25.4. The van der Waals surface area contributed by atoms with E-state index in [0.717, 1.165) is 83.5 Å². The molecule has 286 valence electrons. The van der Waals surface area contributed by atoms with Gasteiger partial charge in [-0.2, -0.15) is 8.42 Å². The van der Waals surface area contributed by atoms with Crippen LogP contribution in [0.2, 0.25) is 0 Å². The number of aliphatic hydroxyl groups excluding tert-OH is 2. The first-order valence-corrected chi connectivity index (χ1v) is 19.5. The number of pyridine rings is 2. The van der Waals surface area contributed by atoms with Gasteiger partial charge in [0.1, 0.15) is 11.5 Å². The van der Waals surface area contributed by atoms with Gasteiger partial charge in [-0.15, -0.1) is 13.2 Å². The maximum atomic E-state index is 11.2. The molecule has 2 aromatic carbocycles. The van der Waals surface area contributed by atoms with E-state index in [0.29, 0.717) is 23.7 Å². The summed E-state index contributed by atoms with van der Waals surface area (Å²) in [7, 11) is -1.34. The van der Waals surface area contributed by atoms with Crippen molar-refractivity contribution in [2.75, 3.05) is 40.4 Å². The molecule has 14 heteroatoms. The number of methoxy groups -OCH3 is 2. The number of aromatic nitrogens is 2. The molecule has 6 aliphatic rings. The number of piperidine rings is 6. The summed E-state index contributed by atoms with van der Waals surface area (Å²) in [5.74, 6) is 4.01. The van der Waals surface area contributed by atoms with Gasteiger partial charge in [-0.25, -0.2) is 0 Å². The third-order valence-electron chi connectivity index (χ3n) is 11.6. The normalized spacial score (nSPS) is 28.0. The average Bonchev–Trinajstić information content (AvgIpc) is 3.19. The van der Waals surface area contributed by atoms with Crippen molar-refractivity contribution in [3.63, 3.8) is 0 Å².